The highest BCUT2D eigenvalue weighted by Crippen LogP contribution is 2.24. The van der Waals surface area contributed by atoms with Gasteiger partial charge in [0.1, 0.15) is 11.6 Å². The lowest BCUT2D eigenvalue weighted by Gasteiger charge is -2.33. The molecule has 0 aromatic heterocycles. The van der Waals surface area contributed by atoms with Crippen LogP contribution in [0.3, 0.4) is 0 Å². The number of halogens is 2. The molecule has 1 aromatic rings. The van der Waals surface area contributed by atoms with E-state index in [2.05, 4.69) is 0 Å². The number of aliphatic hydroxyl groups excluding tert-OH is 1. The summed E-state index contributed by atoms with van der Waals surface area (Å²) in [6, 6.07) is 1.67. The van der Waals surface area contributed by atoms with Crippen LogP contribution < -0.4 is 5.73 Å². The Bertz CT molecular complexity index is 512. The van der Waals surface area contributed by atoms with Crippen molar-refractivity contribution in [3.8, 4) is 0 Å². The number of amides is 1. The second-order valence-corrected chi connectivity index (χ2v) is 5.22. The number of aliphatic hydroxyl groups is 1. The topological polar surface area (TPSA) is 66.6 Å². The molecule has 1 unspecified atom stereocenters. The third-order valence-corrected chi connectivity index (χ3v) is 3.83. The monoisotopic (exact) mass is 284 g/mol. The average Bonchev–Trinajstić information content (AvgIpc) is 2.42. The first-order valence-electron chi connectivity index (χ1n) is 6.62. The van der Waals surface area contributed by atoms with E-state index in [9.17, 15) is 18.7 Å². The normalized spacial score (nSPS) is 18.1. The van der Waals surface area contributed by atoms with E-state index in [-0.39, 0.29) is 17.2 Å². The first-order valence-corrected chi connectivity index (χ1v) is 6.62. The highest BCUT2D eigenvalue weighted by atomic mass is 19.1. The maximum absolute atomic E-state index is 13.7. The van der Waals surface area contributed by atoms with Gasteiger partial charge in [0.2, 0.25) is 0 Å². The minimum absolute atomic E-state index is 0.155. The largest absolute Gasteiger partial charge is 0.396 e. The molecule has 1 aliphatic heterocycles. The van der Waals surface area contributed by atoms with Gasteiger partial charge in [0.05, 0.1) is 17.4 Å². The molecule has 1 atom stereocenters. The molecule has 6 heteroatoms. The Morgan fingerprint density at radius 2 is 1.95 bits per heavy atom. The molecule has 1 heterocycles. The van der Waals surface area contributed by atoms with Crippen LogP contribution >= 0.6 is 0 Å². The number of rotatable bonds is 2. The molecule has 3 N–H and O–H groups in total. The van der Waals surface area contributed by atoms with Gasteiger partial charge in [-0.3, -0.25) is 4.79 Å². The van der Waals surface area contributed by atoms with Gasteiger partial charge >= 0.3 is 0 Å². The lowest BCUT2D eigenvalue weighted by Crippen LogP contribution is -2.41. The zero-order valence-electron chi connectivity index (χ0n) is 11.3. The fourth-order valence-electron chi connectivity index (χ4n) is 2.48. The second kappa shape index (κ2) is 5.75. The highest BCUT2D eigenvalue weighted by molar-refractivity contribution is 5.95. The van der Waals surface area contributed by atoms with E-state index in [0.29, 0.717) is 32.0 Å². The van der Waals surface area contributed by atoms with Gasteiger partial charge in [0.15, 0.2) is 0 Å². The average molecular weight is 284 g/mol. The van der Waals surface area contributed by atoms with Crippen LogP contribution in [0.5, 0.6) is 0 Å². The third kappa shape index (κ3) is 2.90. The summed E-state index contributed by atoms with van der Waals surface area (Å²) in [6.07, 6.45) is 0.925. The SMILES string of the molecule is CC(O)C1CCN(C(=O)c2cc(N)c(F)cc2F)CC1. The van der Waals surface area contributed by atoms with Gasteiger partial charge in [-0.15, -0.1) is 0 Å². The standard InChI is InChI=1S/C14H18F2N2O2/c1-8(19)9-2-4-18(5-3-9)14(20)10-6-13(17)12(16)7-11(10)15/h6-9,19H,2-5,17H2,1H3. The molecular weight excluding hydrogens is 266 g/mol. The van der Waals surface area contributed by atoms with Crippen LogP contribution in [0.2, 0.25) is 0 Å². The molecule has 1 amide bonds. The van der Waals surface area contributed by atoms with E-state index in [1.807, 2.05) is 0 Å². The minimum Gasteiger partial charge on any atom is -0.396 e. The molecule has 0 saturated carbocycles. The molecule has 4 nitrogen and oxygen atoms in total. The van der Waals surface area contributed by atoms with Gasteiger partial charge < -0.3 is 15.7 Å². The van der Waals surface area contributed by atoms with Crippen LogP contribution in [0.4, 0.5) is 14.5 Å². The van der Waals surface area contributed by atoms with Crippen molar-refractivity contribution in [1.82, 2.24) is 4.90 Å². The summed E-state index contributed by atoms with van der Waals surface area (Å²) in [5, 5.41) is 9.51. The van der Waals surface area contributed by atoms with Gasteiger partial charge in [-0.2, -0.15) is 0 Å². The molecule has 110 valence electrons. The summed E-state index contributed by atoms with van der Waals surface area (Å²) in [7, 11) is 0. The Labute approximate surface area is 116 Å². The molecule has 0 spiro atoms. The number of hydrogen-bond donors (Lipinski definition) is 2. The number of piperidine rings is 1. The lowest BCUT2D eigenvalue weighted by molar-refractivity contribution is 0.0518. The summed E-state index contributed by atoms with van der Waals surface area (Å²) < 4.78 is 26.7. The van der Waals surface area contributed by atoms with Crippen molar-refractivity contribution in [2.24, 2.45) is 5.92 Å². The number of carbonyl (C=O) groups is 1. The van der Waals surface area contributed by atoms with E-state index in [1.54, 1.807) is 6.92 Å². The van der Waals surface area contributed by atoms with Crippen molar-refractivity contribution in [1.29, 1.82) is 0 Å². The van der Waals surface area contributed by atoms with Crippen LogP contribution in [-0.2, 0) is 0 Å². The van der Waals surface area contributed by atoms with Crippen molar-refractivity contribution >= 4 is 11.6 Å². The van der Waals surface area contributed by atoms with Gasteiger partial charge in [0, 0.05) is 19.2 Å². The Kier molecular flexibility index (Phi) is 4.23. The summed E-state index contributed by atoms with van der Waals surface area (Å²) in [6.45, 7) is 2.62. The molecule has 1 aliphatic rings. The molecular formula is C14H18F2N2O2. The summed E-state index contributed by atoms with van der Waals surface area (Å²) in [4.78, 5) is 13.7. The first-order chi connectivity index (χ1) is 9.40. The molecule has 20 heavy (non-hydrogen) atoms. The molecule has 0 radical (unpaired) electrons. The Balaban J connectivity index is 2.11. The summed E-state index contributed by atoms with van der Waals surface area (Å²) in [5.41, 5.74) is 4.92. The summed E-state index contributed by atoms with van der Waals surface area (Å²) in [5.74, 6) is -2.10. The lowest BCUT2D eigenvalue weighted by atomic mass is 9.92. The van der Waals surface area contributed by atoms with Gasteiger partial charge in [-0.1, -0.05) is 0 Å². The molecule has 1 aromatic carbocycles. The quantitative estimate of drug-likeness (QED) is 0.814. The van der Waals surface area contributed by atoms with Crippen molar-refractivity contribution < 1.29 is 18.7 Å². The predicted octanol–water partition coefficient (Wildman–Crippen LogP) is 1.78. The summed E-state index contributed by atoms with van der Waals surface area (Å²) >= 11 is 0. The van der Waals surface area contributed by atoms with Gasteiger partial charge in [-0.05, 0) is 31.7 Å². The number of carbonyl (C=O) groups excluding carboxylic acids is 1. The van der Waals surface area contributed by atoms with Crippen molar-refractivity contribution in [2.45, 2.75) is 25.9 Å². The fourth-order valence-corrected chi connectivity index (χ4v) is 2.48. The minimum atomic E-state index is -0.903. The van der Waals surface area contributed by atoms with Crippen LogP contribution in [0.1, 0.15) is 30.1 Å². The van der Waals surface area contributed by atoms with E-state index >= 15 is 0 Å². The zero-order valence-corrected chi connectivity index (χ0v) is 11.3. The zero-order chi connectivity index (χ0) is 14.9. The van der Waals surface area contributed by atoms with Crippen molar-refractivity contribution in [3.05, 3.63) is 29.3 Å². The molecule has 1 saturated heterocycles. The van der Waals surface area contributed by atoms with Crippen LogP contribution in [-0.4, -0.2) is 35.1 Å². The fraction of sp³-hybridized carbons (Fsp3) is 0.500. The van der Waals surface area contributed by atoms with Gasteiger partial charge in [0.25, 0.3) is 5.91 Å². The molecule has 0 aliphatic carbocycles. The van der Waals surface area contributed by atoms with Crippen LogP contribution in [0.15, 0.2) is 12.1 Å². The van der Waals surface area contributed by atoms with E-state index in [4.69, 9.17) is 5.73 Å². The number of nitrogens with zero attached hydrogens (tertiary/aromatic N) is 1. The highest BCUT2D eigenvalue weighted by Gasteiger charge is 2.27. The van der Waals surface area contributed by atoms with Crippen LogP contribution in [0, 0.1) is 17.6 Å². The third-order valence-electron chi connectivity index (χ3n) is 3.83. The predicted molar refractivity (Wildman–Crippen MR) is 71.1 cm³/mol. The molecule has 2 rings (SSSR count). The van der Waals surface area contributed by atoms with Gasteiger partial charge in [-0.25, -0.2) is 8.78 Å². The number of nitrogens with two attached hydrogens (primary N) is 1. The van der Waals surface area contributed by atoms with E-state index in [1.165, 1.54) is 4.90 Å². The molecule has 0 bridgehead atoms. The van der Waals surface area contributed by atoms with Crippen molar-refractivity contribution in [3.63, 3.8) is 0 Å². The Morgan fingerprint density at radius 1 is 1.35 bits per heavy atom. The molecule has 1 fully saturated rings. The Hall–Kier alpha value is -1.69. The smallest absolute Gasteiger partial charge is 0.256 e. The second-order valence-electron chi connectivity index (χ2n) is 5.22. The number of anilines is 1. The number of hydrogen-bond acceptors (Lipinski definition) is 3. The number of likely N-dealkylation sites (tertiary alicyclic amines) is 1. The maximum atomic E-state index is 13.7. The Morgan fingerprint density at radius 3 is 2.50 bits per heavy atom. The van der Waals surface area contributed by atoms with E-state index < -0.39 is 23.6 Å². The van der Waals surface area contributed by atoms with Crippen LogP contribution in [0.25, 0.3) is 0 Å². The number of nitrogen functional groups attached to an aromatic ring is 1. The maximum Gasteiger partial charge on any atom is 0.256 e. The van der Waals surface area contributed by atoms with Crippen molar-refractivity contribution in [2.75, 3.05) is 18.8 Å². The first kappa shape index (κ1) is 14.7. The number of benzene rings is 1. The van der Waals surface area contributed by atoms with E-state index in [0.717, 1.165) is 6.07 Å².